The van der Waals surface area contributed by atoms with E-state index in [-0.39, 0.29) is 55.0 Å². The Kier molecular flexibility index (Phi) is 6.03. The molecule has 6 atom stereocenters. The van der Waals surface area contributed by atoms with Crippen LogP contribution in [0.2, 0.25) is 0 Å². The fraction of sp³-hybridized carbons (Fsp3) is 0.593. The molecule has 0 amide bonds. The number of allylic oxidation sites excluding steroid dienone is 6. The average Bonchev–Trinajstić information content (AvgIpc) is 3.09. The smallest absolute Gasteiger partial charge is 0.306 e. The van der Waals surface area contributed by atoms with Crippen LogP contribution >= 0.6 is 0 Å². The second kappa shape index (κ2) is 8.43. The van der Waals surface area contributed by atoms with Gasteiger partial charge in [-0.05, 0) is 42.4 Å². The lowest BCUT2D eigenvalue weighted by molar-refractivity contribution is -0.190. The number of fused-ring (bicyclic) bond motifs is 5. The molecular formula is C27H32O7. The molecule has 2 fully saturated rings. The molecule has 34 heavy (non-hydrogen) atoms. The van der Waals surface area contributed by atoms with Gasteiger partial charge in [-0.3, -0.25) is 24.0 Å². The number of esters is 2. The first-order valence-electron chi connectivity index (χ1n) is 12.1. The Hall–Kier alpha value is -2.83. The van der Waals surface area contributed by atoms with Gasteiger partial charge in [0, 0.05) is 36.0 Å². The van der Waals surface area contributed by atoms with E-state index in [0.29, 0.717) is 6.42 Å². The Bertz CT molecular complexity index is 1050. The maximum Gasteiger partial charge on any atom is 0.306 e. The molecule has 0 radical (unpaired) electrons. The largest absolute Gasteiger partial charge is 0.457 e. The molecule has 0 saturated heterocycles. The number of carbonyl (C=O) groups excluding carboxylic acids is 5. The van der Waals surface area contributed by atoms with E-state index in [1.54, 1.807) is 19.9 Å². The van der Waals surface area contributed by atoms with Crippen LogP contribution in [0.4, 0.5) is 0 Å². The summed E-state index contributed by atoms with van der Waals surface area (Å²) >= 11 is 0. The van der Waals surface area contributed by atoms with Gasteiger partial charge in [-0.2, -0.15) is 0 Å². The van der Waals surface area contributed by atoms with Crippen LogP contribution in [0.5, 0.6) is 0 Å². The van der Waals surface area contributed by atoms with Gasteiger partial charge in [0.1, 0.15) is 5.78 Å². The summed E-state index contributed by atoms with van der Waals surface area (Å²) in [5.41, 5.74) is -2.23. The molecule has 2 saturated carbocycles. The topological polar surface area (TPSA) is 104 Å². The zero-order valence-electron chi connectivity index (χ0n) is 20.2. The minimum Gasteiger partial charge on any atom is -0.457 e. The van der Waals surface area contributed by atoms with E-state index in [2.05, 4.69) is 0 Å². The summed E-state index contributed by atoms with van der Waals surface area (Å²) in [6.07, 6.45) is 10.0. The lowest BCUT2D eigenvalue weighted by atomic mass is 9.48. The van der Waals surface area contributed by atoms with E-state index in [1.165, 1.54) is 6.08 Å². The van der Waals surface area contributed by atoms with Gasteiger partial charge in [-0.15, -0.1) is 0 Å². The standard InChI is InChI=1S/C27H32O7/c1-5-22(31)33-15-21(30)27(34-23(32)6-2)12-10-19-18-8-7-16-13-17(28)9-11-25(16,3)24(18)20(29)14-26(19,27)4/h7-9,11,13,18-19,24H,5-6,10,12,14-15H2,1-4H3/t18-,19?,24?,25-,26-,27-/m0/s1. The number of rotatable bonds is 6. The molecule has 0 aromatic carbocycles. The summed E-state index contributed by atoms with van der Waals surface area (Å²) < 4.78 is 11.0. The van der Waals surface area contributed by atoms with Crippen LogP contribution in [-0.4, -0.2) is 41.5 Å². The number of carbonyl (C=O) groups is 5. The molecule has 7 nitrogen and oxygen atoms in total. The Morgan fingerprint density at radius 2 is 1.76 bits per heavy atom. The van der Waals surface area contributed by atoms with Crippen molar-refractivity contribution in [1.29, 1.82) is 0 Å². The molecule has 182 valence electrons. The van der Waals surface area contributed by atoms with Gasteiger partial charge in [0.15, 0.2) is 18.0 Å². The van der Waals surface area contributed by atoms with Crippen LogP contribution in [0.15, 0.2) is 36.0 Å². The summed E-state index contributed by atoms with van der Waals surface area (Å²) in [6.45, 7) is 6.66. The van der Waals surface area contributed by atoms with Gasteiger partial charge in [0.05, 0.1) is 0 Å². The number of Topliss-reactive ketones (excluding diaryl/α,β-unsaturated/α-hetero) is 2. The average molecular weight is 469 g/mol. The van der Waals surface area contributed by atoms with Crippen molar-refractivity contribution in [2.24, 2.45) is 28.6 Å². The third kappa shape index (κ3) is 3.43. The highest BCUT2D eigenvalue weighted by molar-refractivity contribution is 6.02. The van der Waals surface area contributed by atoms with Gasteiger partial charge in [-0.25, -0.2) is 0 Å². The van der Waals surface area contributed by atoms with Crippen molar-refractivity contribution in [1.82, 2.24) is 0 Å². The van der Waals surface area contributed by atoms with E-state index in [0.717, 1.165) is 5.57 Å². The van der Waals surface area contributed by atoms with Crippen LogP contribution < -0.4 is 0 Å². The molecule has 0 N–H and O–H groups in total. The second-order valence-corrected chi connectivity index (χ2v) is 10.3. The van der Waals surface area contributed by atoms with Crippen molar-refractivity contribution in [3.05, 3.63) is 36.0 Å². The fourth-order valence-electron chi connectivity index (χ4n) is 6.80. The number of hydrogen-bond donors (Lipinski definition) is 0. The first kappa shape index (κ1) is 24.3. The van der Waals surface area contributed by atoms with Crippen LogP contribution in [0, 0.1) is 28.6 Å². The monoisotopic (exact) mass is 468 g/mol. The Morgan fingerprint density at radius 1 is 1.06 bits per heavy atom. The van der Waals surface area contributed by atoms with E-state index in [1.807, 2.05) is 32.1 Å². The highest BCUT2D eigenvalue weighted by Crippen LogP contribution is 2.65. The van der Waals surface area contributed by atoms with E-state index in [9.17, 15) is 24.0 Å². The van der Waals surface area contributed by atoms with Crippen molar-refractivity contribution < 1.29 is 33.4 Å². The molecule has 2 unspecified atom stereocenters. The molecule has 4 rings (SSSR count). The molecule has 7 heteroatoms. The molecular weight excluding hydrogens is 436 g/mol. The molecule has 0 aliphatic heterocycles. The molecule has 4 aliphatic rings. The Balaban J connectivity index is 1.75. The predicted molar refractivity (Wildman–Crippen MR) is 122 cm³/mol. The van der Waals surface area contributed by atoms with E-state index in [4.69, 9.17) is 9.47 Å². The van der Waals surface area contributed by atoms with Crippen LogP contribution in [0.25, 0.3) is 0 Å². The van der Waals surface area contributed by atoms with Crippen molar-refractivity contribution in [2.75, 3.05) is 6.61 Å². The van der Waals surface area contributed by atoms with Crippen molar-refractivity contribution in [3.8, 4) is 0 Å². The number of ketones is 3. The van der Waals surface area contributed by atoms with Gasteiger partial charge in [0.2, 0.25) is 5.78 Å². The van der Waals surface area contributed by atoms with Gasteiger partial charge < -0.3 is 9.47 Å². The zero-order chi connectivity index (χ0) is 24.9. The SMILES string of the molecule is CCC(=O)OCC(=O)[C@@]1(OC(=O)CC)CCC2[C@@H]3C=CC4=CC(=O)C=C[C@]4(C)C3C(=O)C[C@@]21C. The fourth-order valence-corrected chi connectivity index (χ4v) is 6.80. The zero-order valence-corrected chi connectivity index (χ0v) is 20.2. The quantitative estimate of drug-likeness (QED) is 0.550. The normalized spacial score (nSPS) is 37.9. The van der Waals surface area contributed by atoms with Crippen molar-refractivity contribution >= 4 is 29.3 Å². The number of hydrogen-bond acceptors (Lipinski definition) is 7. The summed E-state index contributed by atoms with van der Waals surface area (Å²) in [4.78, 5) is 63.5. The lowest BCUT2D eigenvalue weighted by Gasteiger charge is -2.55. The highest BCUT2D eigenvalue weighted by Gasteiger charge is 2.70. The minimum absolute atomic E-state index is 0.0160. The van der Waals surface area contributed by atoms with Crippen LogP contribution in [-0.2, 0) is 33.4 Å². The van der Waals surface area contributed by atoms with Crippen molar-refractivity contribution in [3.63, 3.8) is 0 Å². The van der Waals surface area contributed by atoms with Crippen LogP contribution in [0.3, 0.4) is 0 Å². The van der Waals surface area contributed by atoms with E-state index < -0.39 is 40.8 Å². The molecule has 4 aliphatic carbocycles. The Morgan fingerprint density at radius 3 is 2.44 bits per heavy atom. The maximum absolute atomic E-state index is 13.8. The Labute approximate surface area is 199 Å². The van der Waals surface area contributed by atoms with Crippen LogP contribution in [0.1, 0.15) is 59.8 Å². The summed E-state index contributed by atoms with van der Waals surface area (Å²) in [7, 11) is 0. The first-order valence-corrected chi connectivity index (χ1v) is 12.1. The second-order valence-electron chi connectivity index (χ2n) is 10.3. The molecule has 0 aromatic rings. The molecule has 0 spiro atoms. The molecule has 0 heterocycles. The first-order chi connectivity index (χ1) is 16.0. The van der Waals surface area contributed by atoms with E-state index >= 15 is 0 Å². The predicted octanol–water partition coefficient (Wildman–Crippen LogP) is 3.46. The maximum atomic E-state index is 13.8. The van der Waals surface area contributed by atoms with Gasteiger partial charge >= 0.3 is 11.9 Å². The highest BCUT2D eigenvalue weighted by atomic mass is 16.6. The summed E-state index contributed by atoms with van der Waals surface area (Å²) in [6, 6.07) is 0. The summed E-state index contributed by atoms with van der Waals surface area (Å²) in [5.74, 6) is -2.23. The molecule has 0 bridgehead atoms. The number of ether oxygens (including phenoxy) is 2. The minimum atomic E-state index is -1.53. The van der Waals surface area contributed by atoms with Crippen molar-refractivity contribution in [2.45, 2.75) is 65.4 Å². The molecule has 0 aromatic heterocycles. The van der Waals surface area contributed by atoms with Gasteiger partial charge in [-0.1, -0.05) is 45.9 Å². The summed E-state index contributed by atoms with van der Waals surface area (Å²) in [5, 5.41) is 0. The lowest BCUT2D eigenvalue weighted by Crippen LogP contribution is -2.61. The van der Waals surface area contributed by atoms with Gasteiger partial charge in [0.25, 0.3) is 0 Å². The third-order valence-electron chi connectivity index (χ3n) is 8.62. The third-order valence-corrected chi connectivity index (χ3v) is 8.62.